The second kappa shape index (κ2) is 8.72. The van der Waals surface area contributed by atoms with Crippen LogP contribution in [0.4, 0.5) is 0 Å². The van der Waals surface area contributed by atoms with Crippen LogP contribution < -0.4 is 10.6 Å². The number of amides is 2. The number of nitriles is 1. The Labute approximate surface area is 96.2 Å². The zero-order chi connectivity index (χ0) is 12.4. The number of nitrogens with zero attached hydrogens (tertiary/aromatic N) is 1. The first kappa shape index (κ1) is 14.4. The number of rotatable bonds is 7. The van der Waals surface area contributed by atoms with Crippen LogP contribution in [-0.4, -0.2) is 24.9 Å². The Hall–Kier alpha value is -1.57. The van der Waals surface area contributed by atoms with E-state index in [0.29, 0.717) is 13.0 Å². The van der Waals surface area contributed by atoms with E-state index in [-0.39, 0.29) is 24.8 Å². The highest BCUT2D eigenvalue weighted by molar-refractivity contribution is 5.82. The van der Waals surface area contributed by atoms with Gasteiger partial charge >= 0.3 is 0 Å². The number of carbonyl (C=O) groups is 2. The molecule has 5 heteroatoms. The third-order valence-corrected chi connectivity index (χ3v) is 2.07. The van der Waals surface area contributed by atoms with Gasteiger partial charge in [0.15, 0.2) is 0 Å². The monoisotopic (exact) mass is 225 g/mol. The van der Waals surface area contributed by atoms with E-state index in [4.69, 9.17) is 5.26 Å². The quantitative estimate of drug-likeness (QED) is 0.664. The summed E-state index contributed by atoms with van der Waals surface area (Å²) in [6.07, 6.45) is 1.61. The van der Waals surface area contributed by atoms with Crippen LogP contribution in [0, 0.1) is 17.2 Å². The molecule has 0 fully saturated rings. The van der Waals surface area contributed by atoms with E-state index in [1.54, 1.807) is 0 Å². The minimum absolute atomic E-state index is 0.0909. The highest BCUT2D eigenvalue weighted by Crippen LogP contribution is 2.04. The van der Waals surface area contributed by atoms with Crippen molar-refractivity contribution < 1.29 is 9.59 Å². The summed E-state index contributed by atoms with van der Waals surface area (Å²) >= 11 is 0. The van der Waals surface area contributed by atoms with Gasteiger partial charge in [-0.05, 0) is 13.3 Å². The van der Waals surface area contributed by atoms with Crippen LogP contribution in [0.3, 0.4) is 0 Å². The summed E-state index contributed by atoms with van der Waals surface area (Å²) in [4.78, 5) is 22.5. The Morgan fingerprint density at radius 2 is 2.00 bits per heavy atom. The maximum absolute atomic E-state index is 11.4. The van der Waals surface area contributed by atoms with Crippen LogP contribution in [0.2, 0.25) is 0 Å². The van der Waals surface area contributed by atoms with E-state index in [9.17, 15) is 9.59 Å². The fourth-order valence-electron chi connectivity index (χ4n) is 1.25. The smallest absolute Gasteiger partial charge is 0.237 e. The third-order valence-electron chi connectivity index (χ3n) is 2.07. The molecule has 0 heterocycles. The second-order valence-corrected chi connectivity index (χ2v) is 3.46. The molecule has 0 aliphatic carbocycles. The predicted octanol–water partition coefficient (Wildman–Crippen LogP) is 0.569. The van der Waals surface area contributed by atoms with Crippen molar-refractivity contribution in [3.05, 3.63) is 0 Å². The Kier molecular flexibility index (Phi) is 7.86. The molecule has 0 aromatic rings. The third kappa shape index (κ3) is 6.02. The molecular formula is C11H19N3O2. The second-order valence-electron chi connectivity index (χ2n) is 3.46. The van der Waals surface area contributed by atoms with Gasteiger partial charge in [0.05, 0.1) is 6.07 Å². The first-order valence-electron chi connectivity index (χ1n) is 5.59. The summed E-state index contributed by atoms with van der Waals surface area (Å²) in [6.45, 7) is 4.63. The average molecular weight is 225 g/mol. The molecule has 0 aromatic carbocycles. The van der Waals surface area contributed by atoms with Crippen LogP contribution in [0.1, 0.15) is 33.1 Å². The van der Waals surface area contributed by atoms with Gasteiger partial charge in [-0.2, -0.15) is 5.26 Å². The molecule has 16 heavy (non-hydrogen) atoms. The SMILES string of the molecule is CCCC(C#N)C(=O)NCCC(=O)NCC. The maximum atomic E-state index is 11.4. The van der Waals surface area contributed by atoms with Gasteiger partial charge in [-0.15, -0.1) is 0 Å². The molecule has 0 saturated heterocycles. The van der Waals surface area contributed by atoms with Crippen molar-refractivity contribution in [2.45, 2.75) is 33.1 Å². The topological polar surface area (TPSA) is 82.0 Å². The summed E-state index contributed by atoms with van der Waals surface area (Å²) in [6, 6.07) is 1.95. The summed E-state index contributed by atoms with van der Waals surface area (Å²) in [5, 5.41) is 13.9. The zero-order valence-corrected chi connectivity index (χ0v) is 9.88. The molecule has 0 rings (SSSR count). The summed E-state index contributed by atoms with van der Waals surface area (Å²) in [5.41, 5.74) is 0. The van der Waals surface area contributed by atoms with Crippen molar-refractivity contribution in [3.63, 3.8) is 0 Å². The van der Waals surface area contributed by atoms with Gasteiger partial charge in [0.25, 0.3) is 0 Å². The molecule has 0 radical (unpaired) electrons. The molecule has 0 spiro atoms. The molecule has 0 saturated carbocycles. The highest BCUT2D eigenvalue weighted by Gasteiger charge is 2.15. The van der Waals surface area contributed by atoms with Crippen molar-refractivity contribution in [2.24, 2.45) is 5.92 Å². The molecule has 1 unspecified atom stereocenters. The predicted molar refractivity (Wildman–Crippen MR) is 60.3 cm³/mol. The molecule has 0 bridgehead atoms. The van der Waals surface area contributed by atoms with Gasteiger partial charge in [0, 0.05) is 19.5 Å². The molecule has 1 atom stereocenters. The van der Waals surface area contributed by atoms with Gasteiger partial charge in [-0.1, -0.05) is 13.3 Å². The van der Waals surface area contributed by atoms with E-state index >= 15 is 0 Å². The minimum atomic E-state index is -0.598. The van der Waals surface area contributed by atoms with E-state index < -0.39 is 5.92 Å². The Bertz CT molecular complexity index is 271. The van der Waals surface area contributed by atoms with E-state index in [2.05, 4.69) is 10.6 Å². The van der Waals surface area contributed by atoms with Crippen molar-refractivity contribution in [1.82, 2.24) is 10.6 Å². The maximum Gasteiger partial charge on any atom is 0.237 e. The van der Waals surface area contributed by atoms with E-state index in [1.807, 2.05) is 19.9 Å². The molecule has 2 amide bonds. The lowest BCUT2D eigenvalue weighted by atomic mass is 10.1. The number of hydrogen-bond acceptors (Lipinski definition) is 3. The number of hydrogen-bond donors (Lipinski definition) is 2. The van der Waals surface area contributed by atoms with Gasteiger partial charge < -0.3 is 10.6 Å². The Morgan fingerprint density at radius 3 is 2.50 bits per heavy atom. The average Bonchev–Trinajstić information content (AvgIpc) is 2.26. The largest absolute Gasteiger partial charge is 0.356 e. The van der Waals surface area contributed by atoms with E-state index in [0.717, 1.165) is 6.42 Å². The summed E-state index contributed by atoms with van der Waals surface area (Å²) in [5.74, 6) is -0.973. The van der Waals surface area contributed by atoms with Gasteiger partial charge in [-0.25, -0.2) is 0 Å². The Morgan fingerprint density at radius 1 is 1.31 bits per heavy atom. The normalized spacial score (nSPS) is 11.3. The van der Waals surface area contributed by atoms with Crippen molar-refractivity contribution >= 4 is 11.8 Å². The molecule has 90 valence electrons. The lowest BCUT2D eigenvalue weighted by Gasteiger charge is -2.08. The summed E-state index contributed by atoms with van der Waals surface area (Å²) in [7, 11) is 0. The minimum Gasteiger partial charge on any atom is -0.356 e. The lowest BCUT2D eigenvalue weighted by molar-refractivity contribution is -0.124. The molecule has 2 N–H and O–H groups in total. The van der Waals surface area contributed by atoms with Crippen LogP contribution in [0.25, 0.3) is 0 Å². The van der Waals surface area contributed by atoms with E-state index in [1.165, 1.54) is 0 Å². The molecule has 0 aliphatic heterocycles. The van der Waals surface area contributed by atoms with Gasteiger partial charge in [-0.3, -0.25) is 9.59 Å². The Balaban J connectivity index is 3.80. The first-order valence-corrected chi connectivity index (χ1v) is 5.59. The molecule has 5 nitrogen and oxygen atoms in total. The molecule has 0 aliphatic rings. The number of carbonyl (C=O) groups excluding carboxylic acids is 2. The standard InChI is InChI=1S/C11H19N3O2/c1-3-5-9(8-12)11(16)14-7-6-10(15)13-4-2/h9H,3-7H2,1-2H3,(H,13,15)(H,14,16). The number of nitrogens with one attached hydrogen (secondary N) is 2. The van der Waals surface area contributed by atoms with Crippen molar-refractivity contribution in [3.8, 4) is 6.07 Å². The van der Waals surface area contributed by atoms with Gasteiger partial charge in [0.2, 0.25) is 11.8 Å². The first-order chi connectivity index (χ1) is 7.65. The fourth-order valence-corrected chi connectivity index (χ4v) is 1.25. The van der Waals surface area contributed by atoms with Crippen LogP contribution in [0.5, 0.6) is 0 Å². The molecular weight excluding hydrogens is 206 g/mol. The van der Waals surface area contributed by atoms with Crippen molar-refractivity contribution in [2.75, 3.05) is 13.1 Å². The van der Waals surface area contributed by atoms with Crippen LogP contribution >= 0.6 is 0 Å². The summed E-state index contributed by atoms with van der Waals surface area (Å²) < 4.78 is 0. The van der Waals surface area contributed by atoms with Crippen LogP contribution in [-0.2, 0) is 9.59 Å². The van der Waals surface area contributed by atoms with Crippen LogP contribution in [0.15, 0.2) is 0 Å². The van der Waals surface area contributed by atoms with Crippen molar-refractivity contribution in [1.29, 1.82) is 5.26 Å². The highest BCUT2D eigenvalue weighted by atomic mass is 16.2. The lowest BCUT2D eigenvalue weighted by Crippen LogP contribution is -2.34. The fraction of sp³-hybridized carbons (Fsp3) is 0.727. The molecule has 0 aromatic heterocycles. The van der Waals surface area contributed by atoms with Gasteiger partial charge in [0.1, 0.15) is 5.92 Å². The zero-order valence-electron chi connectivity index (χ0n) is 9.88.